The molecule has 0 spiro atoms. The molecule has 1 amide bonds. The molecule has 0 aliphatic heterocycles. The summed E-state index contributed by atoms with van der Waals surface area (Å²) in [6.07, 6.45) is -2.96. The number of aromatic nitrogens is 5. The molecule has 9 nitrogen and oxygen atoms in total. The van der Waals surface area contributed by atoms with Crippen molar-refractivity contribution in [3.8, 4) is 28.8 Å². The monoisotopic (exact) mass is 722 g/mol. The highest BCUT2D eigenvalue weighted by Gasteiger charge is 2.62. The summed E-state index contributed by atoms with van der Waals surface area (Å²) in [7, 11) is 1.61. The molecular weight excluding hydrogens is 690 g/mol. The predicted molar refractivity (Wildman–Crippen MR) is 176 cm³/mol. The fourth-order valence-electron chi connectivity index (χ4n) is 7.29. The van der Waals surface area contributed by atoms with Gasteiger partial charge in [0.25, 0.3) is 12.3 Å². The van der Waals surface area contributed by atoms with Crippen molar-refractivity contribution in [3.63, 3.8) is 0 Å². The summed E-state index contributed by atoms with van der Waals surface area (Å²) in [5, 5.41) is 31.7. The quantitative estimate of drug-likeness (QED) is 0.123. The highest BCUT2D eigenvalue weighted by molar-refractivity contribution is 5.97. The van der Waals surface area contributed by atoms with Crippen LogP contribution in [0, 0.1) is 29.4 Å². The van der Waals surface area contributed by atoms with E-state index in [1.165, 1.54) is 18.5 Å². The maximum atomic E-state index is 15.5. The Morgan fingerprint density at radius 2 is 1.79 bits per heavy atom. The molecule has 3 N–H and O–H groups in total. The van der Waals surface area contributed by atoms with Crippen molar-refractivity contribution >= 4 is 16.8 Å². The zero-order valence-corrected chi connectivity index (χ0v) is 28.1. The molecule has 52 heavy (non-hydrogen) atoms. The van der Waals surface area contributed by atoms with Crippen LogP contribution in [-0.4, -0.2) is 46.3 Å². The number of aromatic hydroxyl groups is 1. The van der Waals surface area contributed by atoms with E-state index in [1.807, 2.05) is 0 Å². The molecule has 1 fully saturated rings. The number of rotatable bonds is 8. The van der Waals surface area contributed by atoms with Gasteiger partial charge in [-0.15, -0.1) is 5.10 Å². The van der Waals surface area contributed by atoms with E-state index in [2.05, 4.69) is 27.4 Å². The van der Waals surface area contributed by atoms with Crippen LogP contribution in [0.1, 0.15) is 79.0 Å². The summed E-state index contributed by atoms with van der Waals surface area (Å²) in [4.78, 5) is 18.6. The van der Waals surface area contributed by atoms with E-state index >= 15 is 8.78 Å². The van der Waals surface area contributed by atoms with Gasteiger partial charge in [-0.3, -0.25) is 14.2 Å². The van der Waals surface area contributed by atoms with Gasteiger partial charge >= 0.3 is 0 Å². The molecule has 3 aromatic heterocycles. The molecule has 5 aromatic rings. The lowest BCUT2D eigenvalue weighted by atomic mass is 9.73. The summed E-state index contributed by atoms with van der Waals surface area (Å²) < 4.78 is 90.2. The Bertz CT molecular complexity index is 2280. The third kappa shape index (κ3) is 6.25. The topological polar surface area (TPSA) is 118 Å². The second kappa shape index (κ2) is 12.7. The van der Waals surface area contributed by atoms with Gasteiger partial charge in [-0.1, -0.05) is 18.1 Å². The van der Waals surface area contributed by atoms with Crippen LogP contribution in [0.3, 0.4) is 0 Å². The number of halogens is 6. The first-order valence-electron chi connectivity index (χ1n) is 16.4. The van der Waals surface area contributed by atoms with Gasteiger partial charge in [-0.25, -0.2) is 22.5 Å². The Morgan fingerprint density at radius 3 is 2.44 bits per heavy atom. The Hall–Kier alpha value is -5.36. The number of fused-ring (bicyclic) bond motifs is 4. The highest BCUT2D eigenvalue weighted by Crippen LogP contribution is 2.63. The molecule has 2 aliphatic carbocycles. The number of nitrogens with zero attached hydrogens (tertiary/aromatic N) is 5. The normalized spacial score (nSPS) is 18.1. The molecule has 15 heteroatoms. The minimum Gasteiger partial charge on any atom is -0.492 e. The lowest BCUT2D eigenvalue weighted by Crippen LogP contribution is -2.36. The van der Waals surface area contributed by atoms with Gasteiger partial charge in [0.15, 0.2) is 0 Å². The number of hydrogen-bond acceptors (Lipinski definition) is 6. The van der Waals surface area contributed by atoms with Crippen LogP contribution in [0.25, 0.3) is 22.0 Å². The van der Waals surface area contributed by atoms with Crippen LogP contribution in [0.2, 0.25) is 0 Å². The molecule has 0 unspecified atom stereocenters. The molecule has 7 rings (SSSR count). The zero-order valence-electron chi connectivity index (χ0n) is 28.1. The second-order valence-corrected chi connectivity index (χ2v) is 13.7. The number of carbonyl (C=O) groups is 1. The van der Waals surface area contributed by atoms with E-state index in [-0.39, 0.29) is 41.2 Å². The Morgan fingerprint density at radius 1 is 1.06 bits per heavy atom. The van der Waals surface area contributed by atoms with Gasteiger partial charge in [0.1, 0.15) is 40.9 Å². The molecule has 0 bridgehead atoms. The lowest BCUT2D eigenvalue weighted by molar-refractivity contribution is -0.123. The van der Waals surface area contributed by atoms with E-state index in [4.69, 9.17) is 4.98 Å². The van der Waals surface area contributed by atoms with E-state index in [1.54, 1.807) is 37.4 Å². The third-order valence-corrected chi connectivity index (χ3v) is 9.53. The summed E-state index contributed by atoms with van der Waals surface area (Å²) in [6.45, 7) is 2.07. The molecule has 0 saturated heterocycles. The van der Waals surface area contributed by atoms with Gasteiger partial charge in [0.05, 0.1) is 22.6 Å². The number of carbonyl (C=O) groups excluding carboxylic acids is 1. The van der Waals surface area contributed by atoms with Gasteiger partial charge in [-0.05, 0) is 80.8 Å². The van der Waals surface area contributed by atoms with Crippen molar-refractivity contribution in [1.29, 1.82) is 0 Å². The summed E-state index contributed by atoms with van der Waals surface area (Å²) in [5.41, 5.74) is -1.40. The molecule has 2 aliphatic rings. The largest absolute Gasteiger partial charge is 0.492 e. The van der Waals surface area contributed by atoms with Crippen LogP contribution in [-0.2, 0) is 30.7 Å². The maximum absolute atomic E-state index is 15.5. The van der Waals surface area contributed by atoms with Crippen molar-refractivity contribution in [3.05, 3.63) is 94.1 Å². The molecule has 270 valence electrons. The van der Waals surface area contributed by atoms with Crippen LogP contribution in [0.4, 0.5) is 26.3 Å². The zero-order chi connectivity index (χ0) is 37.3. The Kier molecular flexibility index (Phi) is 8.56. The number of para-hydroxylation sites is 1. The Labute approximate surface area is 293 Å². The van der Waals surface area contributed by atoms with Gasteiger partial charge in [-0.2, -0.15) is 13.9 Å². The molecular formula is C37H32F6N6O3. The average molecular weight is 723 g/mol. The van der Waals surface area contributed by atoms with E-state index in [0.717, 1.165) is 12.1 Å². The van der Waals surface area contributed by atoms with Crippen molar-refractivity contribution < 1.29 is 41.4 Å². The van der Waals surface area contributed by atoms with Crippen molar-refractivity contribution in [1.82, 2.24) is 29.9 Å². The summed E-state index contributed by atoms with van der Waals surface area (Å²) in [5.74, 6) is -2.92. The number of amides is 1. The number of pyridine rings is 1. The standard InChI is InChI=1S/C37H32F6N6O3/c1-36(2,52)12-11-21-7-8-22(23-5-4-6-25-32(23)48(3)47-35(25)51)30(44-21)27(15-18-13-19(38)16-20(39)14-18)45-28(50)17-49-33-29(31(46-49)34(40)41)24-9-10-26(24)37(33,42)43/h4-8,13-14,16,24,26-27,34,52H,9-10,15,17H2,1-3H3,(H,45,50)(H,47,51)/t24-,26+,27-/m0/s1. The Balaban J connectivity index is 1.36. The van der Waals surface area contributed by atoms with E-state index in [9.17, 15) is 32.6 Å². The molecule has 1 saturated carbocycles. The third-order valence-electron chi connectivity index (χ3n) is 9.53. The van der Waals surface area contributed by atoms with Crippen LogP contribution in [0.5, 0.6) is 5.88 Å². The van der Waals surface area contributed by atoms with E-state index < -0.39 is 71.3 Å². The smallest absolute Gasteiger partial charge is 0.293 e. The van der Waals surface area contributed by atoms with Gasteiger partial charge < -0.3 is 15.5 Å². The number of alkyl halides is 4. The first-order valence-corrected chi connectivity index (χ1v) is 16.4. The number of benzene rings is 2. The SMILES string of the molecule is Cn1nc(O)c2cccc(-c3ccc(C#CC(C)(C)O)nc3[C@H](Cc3cc(F)cc(F)c3)NC(=O)Cn3nc(C(F)F)c4c3C(F)(F)[C@@H]3CC[C@H]43)c21. The van der Waals surface area contributed by atoms with Crippen molar-refractivity contribution in [2.75, 3.05) is 0 Å². The predicted octanol–water partition coefficient (Wildman–Crippen LogP) is 6.57. The first-order chi connectivity index (χ1) is 24.5. The second-order valence-electron chi connectivity index (χ2n) is 13.7. The highest BCUT2D eigenvalue weighted by atomic mass is 19.3. The maximum Gasteiger partial charge on any atom is 0.293 e. The van der Waals surface area contributed by atoms with Gasteiger partial charge in [0.2, 0.25) is 11.8 Å². The van der Waals surface area contributed by atoms with Crippen LogP contribution in [0.15, 0.2) is 48.5 Å². The number of aryl methyl sites for hydroxylation is 1. The molecule has 2 aromatic carbocycles. The van der Waals surface area contributed by atoms with Gasteiger partial charge in [0, 0.05) is 35.7 Å². The molecule has 3 heterocycles. The minimum absolute atomic E-state index is 0.1000. The first kappa shape index (κ1) is 35.1. The van der Waals surface area contributed by atoms with Crippen molar-refractivity contribution in [2.45, 2.75) is 69.6 Å². The number of nitrogens with one attached hydrogen (secondary N) is 1. The molecule has 3 atom stereocenters. The number of aliphatic hydroxyl groups is 1. The summed E-state index contributed by atoms with van der Waals surface area (Å²) in [6, 6.07) is 9.78. The van der Waals surface area contributed by atoms with E-state index in [0.29, 0.717) is 39.2 Å². The van der Waals surface area contributed by atoms with Crippen LogP contribution < -0.4 is 5.32 Å². The fourth-order valence-corrected chi connectivity index (χ4v) is 7.29. The molecule has 0 radical (unpaired) electrons. The number of hydrogen-bond donors (Lipinski definition) is 3. The summed E-state index contributed by atoms with van der Waals surface area (Å²) >= 11 is 0. The lowest BCUT2D eigenvalue weighted by Gasteiger charge is -2.34. The fraction of sp³-hybridized carbons (Fsp3) is 0.351. The van der Waals surface area contributed by atoms with Crippen molar-refractivity contribution in [2.24, 2.45) is 13.0 Å². The minimum atomic E-state index is -3.48. The van der Waals surface area contributed by atoms with Crippen LogP contribution >= 0.6 is 0 Å². The average Bonchev–Trinajstić information content (AvgIpc) is 3.59.